The minimum atomic E-state index is -1.86. The first-order valence-electron chi connectivity index (χ1n) is 9.75. The number of hydrogen-bond donors (Lipinski definition) is 8. The Bertz CT molecular complexity index is 718. The van der Waals surface area contributed by atoms with Crippen molar-refractivity contribution in [1.82, 2.24) is 16.0 Å². The summed E-state index contributed by atoms with van der Waals surface area (Å²) < 4.78 is 5.16. The molecule has 0 rings (SSSR count). The van der Waals surface area contributed by atoms with Crippen LogP contribution in [0.25, 0.3) is 0 Å². The maximum atomic E-state index is 12.2. The summed E-state index contributed by atoms with van der Waals surface area (Å²) in [5, 5.41) is 44.0. The maximum absolute atomic E-state index is 12.2. The van der Waals surface area contributed by atoms with Gasteiger partial charge in [0.25, 0.3) is 0 Å². The van der Waals surface area contributed by atoms with Gasteiger partial charge in [-0.3, -0.25) is 24.0 Å². The molecule has 0 fully saturated rings. The number of aldehydes is 1. The Balaban J connectivity index is 5.06. The minimum Gasteiger partial charge on any atom is -0.481 e. The van der Waals surface area contributed by atoms with E-state index in [1.165, 1.54) is 6.92 Å². The van der Waals surface area contributed by atoms with E-state index in [0.29, 0.717) is 0 Å². The van der Waals surface area contributed by atoms with Gasteiger partial charge in [0.2, 0.25) is 23.6 Å². The fourth-order valence-electron chi connectivity index (χ4n) is 2.54. The molecule has 0 aromatic carbocycles. The van der Waals surface area contributed by atoms with E-state index in [0.717, 1.165) is 6.92 Å². The molecule has 6 atom stereocenters. The van der Waals surface area contributed by atoms with Gasteiger partial charge in [0, 0.05) is 13.3 Å². The van der Waals surface area contributed by atoms with Crippen LogP contribution in [0, 0.1) is 0 Å². The molecule has 15 nitrogen and oxygen atoms in total. The lowest BCUT2D eigenvalue weighted by Crippen LogP contribution is -2.56. The van der Waals surface area contributed by atoms with Gasteiger partial charge in [-0.2, -0.15) is 0 Å². The van der Waals surface area contributed by atoms with Crippen molar-refractivity contribution in [2.45, 2.75) is 63.1 Å². The molecule has 0 spiro atoms. The number of primary amides is 1. The Morgan fingerprint density at radius 2 is 1.70 bits per heavy atom. The highest BCUT2D eigenvalue weighted by Crippen LogP contribution is 2.09. The molecule has 0 aliphatic rings. The van der Waals surface area contributed by atoms with Crippen LogP contribution in [0.2, 0.25) is 0 Å². The lowest BCUT2D eigenvalue weighted by atomic mass is 10.0. The van der Waals surface area contributed by atoms with Crippen LogP contribution in [-0.2, 0) is 33.5 Å². The van der Waals surface area contributed by atoms with Crippen LogP contribution in [0.4, 0.5) is 0 Å². The number of carbonyl (C=O) groups excluding carboxylic acids is 5. The topological polar surface area (TPSA) is 255 Å². The lowest BCUT2D eigenvalue weighted by molar-refractivity contribution is -0.146. The van der Waals surface area contributed by atoms with Crippen LogP contribution >= 0.6 is 0 Å². The van der Waals surface area contributed by atoms with Gasteiger partial charge in [-0.25, -0.2) is 0 Å². The van der Waals surface area contributed by atoms with Gasteiger partial charge in [0.1, 0.15) is 49.3 Å². The number of aliphatic hydroxyl groups excluding tert-OH is 3. The van der Waals surface area contributed by atoms with Crippen molar-refractivity contribution in [2.75, 3.05) is 13.2 Å². The van der Waals surface area contributed by atoms with E-state index in [-0.39, 0.29) is 12.7 Å². The summed E-state index contributed by atoms with van der Waals surface area (Å²) in [6, 6.07) is -3.98. The third-order valence-corrected chi connectivity index (χ3v) is 4.27. The highest BCUT2D eigenvalue weighted by molar-refractivity contribution is 5.91. The molecule has 0 radical (unpaired) electrons. The predicted molar refractivity (Wildman–Crippen MR) is 108 cm³/mol. The monoisotopic (exact) mass is 478 g/mol. The molecular formula is C18H30N4O11. The van der Waals surface area contributed by atoms with Crippen LogP contribution in [0.15, 0.2) is 0 Å². The van der Waals surface area contributed by atoms with Crippen LogP contribution in [0.1, 0.15) is 26.7 Å². The highest BCUT2D eigenvalue weighted by Gasteiger charge is 2.35. The normalized spacial score (nSPS) is 16.3. The SMILES string of the molecule is CC(=O)NC(C=O)C(OCC(=O)NC(C)C(=O)NC(CCC(=O)O)C(N)=O)C(O)C(O)CO. The first-order valence-corrected chi connectivity index (χ1v) is 9.75. The van der Waals surface area contributed by atoms with Crippen molar-refractivity contribution in [3.05, 3.63) is 0 Å². The number of nitrogens with one attached hydrogen (secondary N) is 3. The first-order chi connectivity index (χ1) is 15.3. The second kappa shape index (κ2) is 14.8. The van der Waals surface area contributed by atoms with Gasteiger partial charge < -0.3 is 51.6 Å². The molecule has 33 heavy (non-hydrogen) atoms. The Morgan fingerprint density at radius 1 is 1.09 bits per heavy atom. The van der Waals surface area contributed by atoms with E-state index >= 15 is 0 Å². The van der Waals surface area contributed by atoms with Crippen molar-refractivity contribution in [3.63, 3.8) is 0 Å². The standard InChI is InChI=1S/C18H30N4O11/c1-8(18(32)22-10(17(19)31)3-4-14(28)29)20-13(27)7-33-16(15(30)12(26)6-24)11(5-23)21-9(2)25/h5,8,10-12,15-16,24,26,30H,3-4,6-7H2,1-2H3,(H2,19,31)(H,20,27)(H,21,25)(H,22,32)(H,28,29). The van der Waals surface area contributed by atoms with Crippen LogP contribution in [-0.4, -0.2) is 106 Å². The molecule has 0 aromatic rings. The number of carboxylic acid groups (broad SMARTS) is 1. The molecule has 188 valence electrons. The zero-order chi connectivity index (χ0) is 25.7. The summed E-state index contributed by atoms with van der Waals surface area (Å²) in [6.45, 7) is 0.583. The fourth-order valence-corrected chi connectivity index (χ4v) is 2.54. The summed E-state index contributed by atoms with van der Waals surface area (Å²) >= 11 is 0. The molecule has 9 N–H and O–H groups in total. The largest absolute Gasteiger partial charge is 0.481 e. The van der Waals surface area contributed by atoms with E-state index in [1.54, 1.807) is 0 Å². The van der Waals surface area contributed by atoms with Gasteiger partial charge in [-0.05, 0) is 13.3 Å². The van der Waals surface area contributed by atoms with Crippen molar-refractivity contribution < 1.29 is 53.9 Å². The molecule has 15 heteroatoms. The van der Waals surface area contributed by atoms with Crippen LogP contribution < -0.4 is 21.7 Å². The smallest absolute Gasteiger partial charge is 0.303 e. The second-order valence-corrected chi connectivity index (χ2v) is 7.06. The number of carbonyl (C=O) groups is 6. The number of aliphatic carboxylic acids is 1. The number of hydrogen-bond acceptors (Lipinski definition) is 10. The zero-order valence-electron chi connectivity index (χ0n) is 18.1. The third kappa shape index (κ3) is 11.3. The Hall–Kier alpha value is -3.14. The summed E-state index contributed by atoms with van der Waals surface area (Å²) in [4.78, 5) is 68.8. The summed E-state index contributed by atoms with van der Waals surface area (Å²) in [5.41, 5.74) is 5.12. The van der Waals surface area contributed by atoms with E-state index in [4.69, 9.17) is 20.7 Å². The molecule has 6 unspecified atom stereocenters. The number of rotatable bonds is 16. The molecular weight excluding hydrogens is 448 g/mol. The number of nitrogens with two attached hydrogens (primary N) is 1. The van der Waals surface area contributed by atoms with Crippen LogP contribution in [0.5, 0.6) is 0 Å². The van der Waals surface area contributed by atoms with Gasteiger partial charge in [-0.15, -0.1) is 0 Å². The van der Waals surface area contributed by atoms with Crippen molar-refractivity contribution in [2.24, 2.45) is 5.73 Å². The van der Waals surface area contributed by atoms with Gasteiger partial charge in [-0.1, -0.05) is 0 Å². The Kier molecular flexibility index (Phi) is 13.4. The maximum Gasteiger partial charge on any atom is 0.303 e. The Morgan fingerprint density at radius 3 is 2.15 bits per heavy atom. The molecule has 0 saturated heterocycles. The van der Waals surface area contributed by atoms with Crippen LogP contribution in [0.3, 0.4) is 0 Å². The van der Waals surface area contributed by atoms with Gasteiger partial charge >= 0.3 is 5.97 Å². The molecule has 4 amide bonds. The molecule has 0 aliphatic carbocycles. The minimum absolute atomic E-state index is 0.203. The quantitative estimate of drug-likeness (QED) is 0.0975. The summed E-state index contributed by atoms with van der Waals surface area (Å²) in [6.07, 6.45) is -5.74. The molecule has 0 aliphatic heterocycles. The van der Waals surface area contributed by atoms with E-state index < -0.39 is 85.7 Å². The summed E-state index contributed by atoms with van der Waals surface area (Å²) in [7, 11) is 0. The average Bonchev–Trinajstić information content (AvgIpc) is 2.73. The number of ether oxygens (including phenoxy) is 1. The molecule has 0 heterocycles. The number of carboxylic acids is 1. The van der Waals surface area contributed by atoms with E-state index in [1.807, 2.05) is 0 Å². The number of amides is 4. The Labute approximate surface area is 188 Å². The fraction of sp³-hybridized carbons (Fsp3) is 0.667. The third-order valence-electron chi connectivity index (χ3n) is 4.27. The first kappa shape index (κ1) is 29.9. The average molecular weight is 478 g/mol. The van der Waals surface area contributed by atoms with Crippen molar-refractivity contribution in [1.29, 1.82) is 0 Å². The molecule has 0 aromatic heterocycles. The van der Waals surface area contributed by atoms with Gasteiger partial charge in [0.15, 0.2) is 0 Å². The second-order valence-electron chi connectivity index (χ2n) is 7.06. The van der Waals surface area contributed by atoms with Crippen molar-refractivity contribution in [3.8, 4) is 0 Å². The molecule has 0 bridgehead atoms. The predicted octanol–water partition coefficient (Wildman–Crippen LogP) is -4.87. The summed E-state index contributed by atoms with van der Waals surface area (Å²) in [5.74, 6) is -4.61. The van der Waals surface area contributed by atoms with E-state index in [2.05, 4.69) is 16.0 Å². The molecule has 0 saturated carbocycles. The van der Waals surface area contributed by atoms with Gasteiger partial charge in [0.05, 0.1) is 6.61 Å². The van der Waals surface area contributed by atoms with E-state index in [9.17, 15) is 39.0 Å². The highest BCUT2D eigenvalue weighted by atomic mass is 16.5. The zero-order valence-corrected chi connectivity index (χ0v) is 18.1. The number of aliphatic hydroxyl groups is 3. The lowest BCUT2D eigenvalue weighted by Gasteiger charge is -2.30. The van der Waals surface area contributed by atoms with Crippen molar-refractivity contribution >= 4 is 35.9 Å².